The van der Waals surface area contributed by atoms with Crippen molar-refractivity contribution in [2.24, 2.45) is 5.16 Å². The van der Waals surface area contributed by atoms with Crippen molar-refractivity contribution in [2.75, 3.05) is 21.3 Å². The topological polar surface area (TPSA) is 77.4 Å². The number of nitrogens with zero attached hydrogens (tertiary/aromatic N) is 1. The lowest BCUT2D eigenvalue weighted by molar-refractivity contribution is -0.133. The minimum Gasteiger partial charge on any atom is -0.497 e. The van der Waals surface area contributed by atoms with Gasteiger partial charge in [-0.15, -0.1) is 0 Å². The van der Waals surface area contributed by atoms with Gasteiger partial charge in [0.15, 0.2) is 5.71 Å². The maximum atomic E-state index is 11.3. The maximum Gasteiger partial charge on any atom is 0.355 e. The lowest BCUT2D eigenvalue weighted by Gasteiger charge is -2.10. The summed E-state index contributed by atoms with van der Waals surface area (Å²) in [5.41, 5.74) is 0.819. The Morgan fingerprint density at radius 3 is 2.53 bits per heavy atom. The van der Waals surface area contributed by atoms with Crippen molar-refractivity contribution in [3.05, 3.63) is 23.8 Å². The largest absolute Gasteiger partial charge is 0.497 e. The zero-order valence-corrected chi connectivity index (χ0v) is 11.2. The van der Waals surface area contributed by atoms with Crippen LogP contribution < -0.4 is 9.47 Å². The van der Waals surface area contributed by atoms with Gasteiger partial charge in [-0.25, -0.2) is 4.79 Å². The molecule has 1 aromatic rings. The highest BCUT2D eigenvalue weighted by Gasteiger charge is 2.14. The molecule has 0 spiro atoms. The third kappa shape index (κ3) is 3.87. The van der Waals surface area contributed by atoms with Gasteiger partial charge in [0.05, 0.1) is 21.3 Å². The number of aryl methyl sites for hydroxylation is 1. The first-order chi connectivity index (χ1) is 9.15. The summed E-state index contributed by atoms with van der Waals surface area (Å²) in [6, 6.07) is 5.37. The molecule has 0 atom stereocenters. The van der Waals surface area contributed by atoms with Gasteiger partial charge in [0.2, 0.25) is 0 Å². The highest BCUT2D eigenvalue weighted by Crippen LogP contribution is 2.25. The van der Waals surface area contributed by atoms with Gasteiger partial charge in [-0.2, -0.15) is 0 Å². The number of oxime groups is 1. The molecule has 0 unspecified atom stereocenters. The number of hydrogen-bond acceptors (Lipinski definition) is 6. The molecular weight excluding hydrogens is 250 g/mol. The van der Waals surface area contributed by atoms with Gasteiger partial charge in [-0.1, -0.05) is 5.16 Å². The monoisotopic (exact) mass is 267 g/mol. The summed E-state index contributed by atoms with van der Waals surface area (Å²) < 4.78 is 14.9. The van der Waals surface area contributed by atoms with Crippen LogP contribution in [0.15, 0.2) is 23.4 Å². The van der Waals surface area contributed by atoms with Gasteiger partial charge >= 0.3 is 5.97 Å². The first-order valence-corrected chi connectivity index (χ1v) is 5.66. The molecule has 104 valence electrons. The molecule has 6 nitrogen and oxygen atoms in total. The molecule has 0 radical (unpaired) electrons. The zero-order valence-electron chi connectivity index (χ0n) is 11.2. The van der Waals surface area contributed by atoms with Crippen molar-refractivity contribution >= 4 is 11.7 Å². The Morgan fingerprint density at radius 1 is 1.26 bits per heavy atom. The average molecular weight is 267 g/mol. The van der Waals surface area contributed by atoms with Crippen LogP contribution in [-0.4, -0.2) is 38.2 Å². The molecule has 1 rings (SSSR count). The van der Waals surface area contributed by atoms with E-state index in [-0.39, 0.29) is 12.1 Å². The summed E-state index contributed by atoms with van der Waals surface area (Å²) in [6.07, 6.45) is 0.710. The van der Waals surface area contributed by atoms with Crippen LogP contribution in [0.3, 0.4) is 0 Å². The Morgan fingerprint density at radius 2 is 2.00 bits per heavy atom. The molecule has 0 aliphatic heterocycles. The molecule has 19 heavy (non-hydrogen) atoms. The fourth-order valence-corrected chi connectivity index (χ4v) is 1.64. The van der Waals surface area contributed by atoms with Crippen molar-refractivity contribution in [2.45, 2.75) is 12.8 Å². The quantitative estimate of drug-likeness (QED) is 0.367. The number of methoxy groups -OCH3 is 3. The van der Waals surface area contributed by atoms with Crippen LogP contribution in [-0.2, 0) is 16.0 Å². The molecule has 0 aliphatic carbocycles. The van der Waals surface area contributed by atoms with Gasteiger partial charge in [-0.05, 0) is 30.2 Å². The third-order valence-corrected chi connectivity index (χ3v) is 2.66. The molecule has 0 aliphatic rings. The molecule has 1 aromatic carbocycles. The average Bonchev–Trinajstić information content (AvgIpc) is 2.47. The fourth-order valence-electron chi connectivity index (χ4n) is 1.64. The second-order valence-corrected chi connectivity index (χ2v) is 3.72. The van der Waals surface area contributed by atoms with Crippen molar-refractivity contribution in [3.8, 4) is 11.5 Å². The molecule has 6 heteroatoms. The first-order valence-electron chi connectivity index (χ1n) is 5.66. The number of carbonyl (C=O) groups is 1. The van der Waals surface area contributed by atoms with Gasteiger partial charge in [0.25, 0.3) is 0 Å². The van der Waals surface area contributed by atoms with Crippen LogP contribution in [0.1, 0.15) is 12.0 Å². The first kappa shape index (κ1) is 14.8. The van der Waals surface area contributed by atoms with Crippen LogP contribution in [0.25, 0.3) is 0 Å². The van der Waals surface area contributed by atoms with Crippen LogP contribution in [0.5, 0.6) is 11.5 Å². The van der Waals surface area contributed by atoms with E-state index >= 15 is 0 Å². The van der Waals surface area contributed by atoms with Gasteiger partial charge in [-0.3, -0.25) is 0 Å². The summed E-state index contributed by atoms with van der Waals surface area (Å²) in [7, 11) is 4.37. The van der Waals surface area contributed by atoms with E-state index in [1.165, 1.54) is 7.11 Å². The summed E-state index contributed by atoms with van der Waals surface area (Å²) in [4.78, 5) is 11.3. The highest BCUT2D eigenvalue weighted by molar-refractivity contribution is 6.36. The van der Waals surface area contributed by atoms with E-state index in [9.17, 15) is 4.79 Å². The zero-order chi connectivity index (χ0) is 14.3. The van der Waals surface area contributed by atoms with Crippen LogP contribution in [0.2, 0.25) is 0 Å². The Labute approximate surface area is 111 Å². The lowest BCUT2D eigenvalue weighted by Crippen LogP contribution is -2.16. The smallest absolute Gasteiger partial charge is 0.355 e. The Kier molecular flexibility index (Phi) is 5.66. The van der Waals surface area contributed by atoms with E-state index in [4.69, 9.17) is 14.7 Å². The van der Waals surface area contributed by atoms with Crippen LogP contribution >= 0.6 is 0 Å². The van der Waals surface area contributed by atoms with Crippen LogP contribution in [0.4, 0.5) is 0 Å². The molecule has 0 amide bonds. The minimum absolute atomic E-state index is 0.0348. The molecular formula is C13H17NO5. The highest BCUT2D eigenvalue weighted by atomic mass is 16.5. The summed E-state index contributed by atoms with van der Waals surface area (Å²) in [5.74, 6) is 0.726. The molecule has 1 N–H and O–H groups in total. The third-order valence-electron chi connectivity index (χ3n) is 2.66. The Hall–Kier alpha value is -2.24. The van der Waals surface area contributed by atoms with E-state index in [0.29, 0.717) is 17.9 Å². The van der Waals surface area contributed by atoms with Crippen molar-refractivity contribution < 1.29 is 24.2 Å². The van der Waals surface area contributed by atoms with E-state index < -0.39 is 5.97 Å². The number of ether oxygens (including phenoxy) is 3. The predicted molar refractivity (Wildman–Crippen MR) is 69.1 cm³/mol. The SMILES string of the molecule is COC(=O)/C(CCc1cc(OC)ccc1OC)=N\O. The minimum atomic E-state index is -0.649. The van der Waals surface area contributed by atoms with E-state index in [1.54, 1.807) is 26.4 Å². The fraction of sp³-hybridized carbons (Fsp3) is 0.385. The number of carbonyl (C=O) groups excluding carboxylic acids is 1. The second kappa shape index (κ2) is 7.25. The summed E-state index contributed by atoms with van der Waals surface area (Å²) in [6.45, 7) is 0. The summed E-state index contributed by atoms with van der Waals surface area (Å²) >= 11 is 0. The van der Waals surface area contributed by atoms with E-state index in [0.717, 1.165) is 5.56 Å². The van der Waals surface area contributed by atoms with E-state index in [1.807, 2.05) is 6.07 Å². The number of benzene rings is 1. The predicted octanol–water partition coefficient (Wildman–Crippen LogP) is 1.64. The van der Waals surface area contributed by atoms with Crippen molar-refractivity contribution in [1.82, 2.24) is 0 Å². The molecule has 0 saturated heterocycles. The number of rotatable bonds is 6. The molecule has 0 saturated carbocycles. The van der Waals surface area contributed by atoms with Gasteiger partial charge in [0.1, 0.15) is 11.5 Å². The lowest BCUT2D eigenvalue weighted by atomic mass is 10.1. The van der Waals surface area contributed by atoms with Crippen LogP contribution in [0, 0.1) is 0 Å². The van der Waals surface area contributed by atoms with E-state index in [2.05, 4.69) is 9.89 Å². The maximum absolute atomic E-state index is 11.3. The van der Waals surface area contributed by atoms with Crippen molar-refractivity contribution in [1.29, 1.82) is 0 Å². The normalized spacial score (nSPS) is 11.0. The molecule has 0 fully saturated rings. The molecule has 0 heterocycles. The molecule has 0 bridgehead atoms. The number of esters is 1. The Balaban J connectivity index is 2.83. The standard InChI is InChI=1S/C13H17NO5/c1-17-10-5-7-12(18-2)9(8-10)4-6-11(14-16)13(15)19-3/h5,7-8,16H,4,6H2,1-3H3/b14-11-. The Bertz CT molecular complexity index is 470. The van der Waals surface area contributed by atoms with Gasteiger partial charge in [0, 0.05) is 6.42 Å². The second-order valence-electron chi connectivity index (χ2n) is 3.72. The molecule has 0 aromatic heterocycles. The summed E-state index contributed by atoms with van der Waals surface area (Å²) in [5, 5.41) is 11.7. The van der Waals surface area contributed by atoms with Crippen molar-refractivity contribution in [3.63, 3.8) is 0 Å². The van der Waals surface area contributed by atoms with Gasteiger partial charge < -0.3 is 19.4 Å². The number of hydrogen-bond donors (Lipinski definition) is 1.